The van der Waals surface area contributed by atoms with Crippen molar-refractivity contribution in [3.63, 3.8) is 0 Å². The first-order valence-corrected chi connectivity index (χ1v) is 9.09. The molecule has 6 nitrogen and oxygen atoms in total. The summed E-state index contributed by atoms with van der Waals surface area (Å²) in [7, 11) is 3.57. The molecule has 0 bridgehead atoms. The average molecular weight is 346 g/mol. The quantitative estimate of drug-likeness (QED) is 0.923. The number of rotatable bonds is 4. The number of benzene rings is 1. The SMILES string of the molecule is COc1ccc([C@@H](NC(=O)N2CCSCC2)c2nccn2C)cc1. The van der Waals surface area contributed by atoms with Gasteiger partial charge in [-0.15, -0.1) is 0 Å². The maximum absolute atomic E-state index is 12.7. The van der Waals surface area contributed by atoms with Gasteiger partial charge in [-0.25, -0.2) is 9.78 Å². The van der Waals surface area contributed by atoms with Gasteiger partial charge in [0.1, 0.15) is 17.6 Å². The number of hydrogen-bond acceptors (Lipinski definition) is 4. The van der Waals surface area contributed by atoms with Gasteiger partial charge in [-0.1, -0.05) is 12.1 Å². The van der Waals surface area contributed by atoms with Crippen molar-refractivity contribution in [2.75, 3.05) is 31.7 Å². The Balaban J connectivity index is 1.84. The molecule has 24 heavy (non-hydrogen) atoms. The van der Waals surface area contributed by atoms with E-state index in [2.05, 4.69) is 10.3 Å². The van der Waals surface area contributed by atoms with E-state index in [0.29, 0.717) is 0 Å². The van der Waals surface area contributed by atoms with E-state index in [-0.39, 0.29) is 12.1 Å². The van der Waals surface area contributed by atoms with E-state index in [4.69, 9.17) is 4.74 Å². The molecule has 2 amide bonds. The number of carbonyl (C=O) groups excluding carboxylic acids is 1. The number of nitrogens with one attached hydrogen (secondary N) is 1. The maximum Gasteiger partial charge on any atom is 0.318 e. The minimum absolute atomic E-state index is 0.0425. The fourth-order valence-electron chi connectivity index (χ4n) is 2.73. The van der Waals surface area contributed by atoms with Gasteiger partial charge in [0.25, 0.3) is 0 Å². The monoisotopic (exact) mass is 346 g/mol. The molecule has 1 aromatic carbocycles. The van der Waals surface area contributed by atoms with Crippen LogP contribution in [0, 0.1) is 0 Å². The fraction of sp³-hybridized carbons (Fsp3) is 0.412. The maximum atomic E-state index is 12.7. The lowest BCUT2D eigenvalue weighted by Gasteiger charge is -2.29. The molecule has 0 radical (unpaired) electrons. The van der Waals surface area contributed by atoms with Crippen LogP contribution < -0.4 is 10.1 Å². The molecule has 3 rings (SSSR count). The second-order valence-electron chi connectivity index (χ2n) is 5.65. The highest BCUT2D eigenvalue weighted by atomic mass is 32.2. The van der Waals surface area contributed by atoms with Crippen molar-refractivity contribution in [2.45, 2.75) is 6.04 Å². The molecule has 0 unspecified atom stereocenters. The van der Waals surface area contributed by atoms with Gasteiger partial charge in [0.15, 0.2) is 0 Å². The van der Waals surface area contributed by atoms with Crippen molar-refractivity contribution in [1.82, 2.24) is 19.8 Å². The summed E-state index contributed by atoms with van der Waals surface area (Å²) in [5.41, 5.74) is 0.977. The van der Waals surface area contributed by atoms with Gasteiger partial charge in [0.2, 0.25) is 0 Å². The average Bonchev–Trinajstić information content (AvgIpc) is 3.06. The summed E-state index contributed by atoms with van der Waals surface area (Å²) in [6.07, 6.45) is 3.63. The van der Waals surface area contributed by atoms with Crippen LogP contribution in [-0.2, 0) is 7.05 Å². The molecule has 1 aliphatic heterocycles. The van der Waals surface area contributed by atoms with Gasteiger partial charge in [-0.05, 0) is 17.7 Å². The third kappa shape index (κ3) is 3.67. The number of amides is 2. The molecule has 1 aliphatic rings. The third-order valence-electron chi connectivity index (χ3n) is 4.13. The van der Waals surface area contributed by atoms with E-state index in [1.165, 1.54) is 0 Å². The highest BCUT2D eigenvalue weighted by Crippen LogP contribution is 2.23. The van der Waals surface area contributed by atoms with Crippen LogP contribution in [0.1, 0.15) is 17.4 Å². The standard InChI is InChI=1S/C17H22N4O2S/c1-20-8-7-18-16(20)15(13-3-5-14(23-2)6-4-13)19-17(22)21-9-11-24-12-10-21/h3-8,15H,9-12H2,1-2H3,(H,19,22)/t15-/m1/s1. The predicted octanol–water partition coefficient (Wildman–Crippen LogP) is 2.28. The van der Waals surface area contributed by atoms with Gasteiger partial charge in [-0.3, -0.25) is 0 Å². The Morgan fingerprint density at radius 2 is 2.00 bits per heavy atom. The Morgan fingerprint density at radius 3 is 2.58 bits per heavy atom. The van der Waals surface area contributed by atoms with E-state index in [9.17, 15) is 4.79 Å². The number of thioether (sulfide) groups is 1. The van der Waals surface area contributed by atoms with Crippen LogP contribution in [0.5, 0.6) is 5.75 Å². The highest BCUT2D eigenvalue weighted by molar-refractivity contribution is 7.99. The zero-order valence-corrected chi connectivity index (χ0v) is 14.8. The molecule has 0 spiro atoms. The van der Waals surface area contributed by atoms with E-state index in [0.717, 1.165) is 41.7 Å². The van der Waals surface area contributed by atoms with Crippen molar-refractivity contribution in [3.8, 4) is 5.75 Å². The van der Waals surface area contributed by atoms with Crippen molar-refractivity contribution in [1.29, 1.82) is 0 Å². The molecule has 2 heterocycles. The van der Waals surface area contributed by atoms with Crippen molar-refractivity contribution in [2.24, 2.45) is 7.05 Å². The first-order valence-electron chi connectivity index (χ1n) is 7.93. The largest absolute Gasteiger partial charge is 0.497 e. The molecule has 0 aliphatic carbocycles. The summed E-state index contributed by atoms with van der Waals surface area (Å²) in [6, 6.07) is 7.39. The second kappa shape index (κ2) is 7.61. The van der Waals surface area contributed by atoms with Gasteiger partial charge >= 0.3 is 6.03 Å². The van der Waals surface area contributed by atoms with Gasteiger partial charge in [0, 0.05) is 44.0 Å². The van der Waals surface area contributed by atoms with E-state index >= 15 is 0 Å². The van der Waals surface area contributed by atoms with Crippen LogP contribution in [0.4, 0.5) is 4.79 Å². The Bertz CT molecular complexity index is 680. The number of hydrogen-bond donors (Lipinski definition) is 1. The zero-order chi connectivity index (χ0) is 16.9. The van der Waals surface area contributed by atoms with Crippen LogP contribution in [-0.4, -0.2) is 52.2 Å². The first kappa shape index (κ1) is 16.7. The molecule has 0 saturated carbocycles. The Kier molecular flexibility index (Phi) is 5.30. The first-order chi connectivity index (χ1) is 11.7. The topological polar surface area (TPSA) is 59.4 Å². The zero-order valence-electron chi connectivity index (χ0n) is 13.9. The number of methoxy groups -OCH3 is 1. The number of aromatic nitrogens is 2. The van der Waals surface area contributed by atoms with Crippen LogP contribution >= 0.6 is 11.8 Å². The smallest absolute Gasteiger partial charge is 0.318 e. The predicted molar refractivity (Wildman–Crippen MR) is 95.5 cm³/mol. The summed E-state index contributed by atoms with van der Waals surface area (Å²) >= 11 is 1.88. The number of imidazole rings is 1. The van der Waals surface area contributed by atoms with Gasteiger partial charge < -0.3 is 19.5 Å². The number of nitrogens with zero attached hydrogens (tertiary/aromatic N) is 3. The minimum Gasteiger partial charge on any atom is -0.497 e. The molecule has 128 valence electrons. The van der Waals surface area contributed by atoms with Crippen molar-refractivity contribution in [3.05, 3.63) is 48.0 Å². The number of aryl methyl sites for hydroxylation is 1. The van der Waals surface area contributed by atoms with Crippen LogP contribution in [0.2, 0.25) is 0 Å². The number of urea groups is 1. The van der Waals surface area contributed by atoms with E-state index in [1.54, 1.807) is 13.3 Å². The fourth-order valence-corrected chi connectivity index (χ4v) is 3.63. The molecule has 1 aromatic heterocycles. The third-order valence-corrected chi connectivity index (χ3v) is 5.07. The lowest BCUT2D eigenvalue weighted by atomic mass is 10.1. The molecular weight excluding hydrogens is 324 g/mol. The summed E-state index contributed by atoms with van der Waals surface area (Å²) in [5.74, 6) is 3.57. The number of ether oxygens (including phenoxy) is 1. The molecule has 1 atom stereocenters. The van der Waals surface area contributed by atoms with Crippen molar-refractivity contribution < 1.29 is 9.53 Å². The lowest BCUT2D eigenvalue weighted by Crippen LogP contribution is -2.46. The highest BCUT2D eigenvalue weighted by Gasteiger charge is 2.24. The van der Waals surface area contributed by atoms with Gasteiger partial charge in [0.05, 0.1) is 7.11 Å². The van der Waals surface area contributed by atoms with Gasteiger partial charge in [-0.2, -0.15) is 11.8 Å². The Hall–Kier alpha value is -2.15. The molecule has 7 heteroatoms. The Labute approximate surface area is 146 Å². The molecule has 1 saturated heterocycles. The molecule has 2 aromatic rings. The summed E-state index contributed by atoms with van der Waals surface area (Å²) in [4.78, 5) is 19.0. The summed E-state index contributed by atoms with van der Waals surface area (Å²) in [5, 5.41) is 3.14. The van der Waals surface area contributed by atoms with Crippen LogP contribution in [0.3, 0.4) is 0 Å². The summed E-state index contributed by atoms with van der Waals surface area (Å²) in [6.45, 7) is 1.57. The molecular formula is C17H22N4O2S. The van der Waals surface area contributed by atoms with Crippen molar-refractivity contribution >= 4 is 17.8 Å². The minimum atomic E-state index is -0.294. The number of carbonyl (C=O) groups is 1. The van der Waals surface area contributed by atoms with Crippen LogP contribution in [0.15, 0.2) is 36.7 Å². The van der Waals surface area contributed by atoms with E-state index < -0.39 is 0 Å². The normalized spacial score (nSPS) is 15.8. The molecule has 1 N–H and O–H groups in total. The molecule has 1 fully saturated rings. The lowest BCUT2D eigenvalue weighted by molar-refractivity contribution is 0.200. The second-order valence-corrected chi connectivity index (χ2v) is 6.88. The summed E-state index contributed by atoms with van der Waals surface area (Å²) < 4.78 is 7.15. The van der Waals surface area contributed by atoms with E-state index in [1.807, 2.05) is 58.7 Å². The Morgan fingerprint density at radius 1 is 1.29 bits per heavy atom. The van der Waals surface area contributed by atoms with Crippen LogP contribution in [0.25, 0.3) is 0 Å².